The lowest BCUT2D eigenvalue weighted by Gasteiger charge is -2.31. The molecule has 0 aromatic heterocycles. The number of carbonyl (C=O) groups is 1. The average Bonchev–Trinajstić information content (AvgIpc) is 2.82. The van der Waals surface area contributed by atoms with Gasteiger partial charge in [0.25, 0.3) is 5.91 Å². The van der Waals surface area contributed by atoms with E-state index < -0.39 is 21.7 Å². The summed E-state index contributed by atoms with van der Waals surface area (Å²) in [6, 6.07) is 8.58. The molecule has 2 fully saturated rings. The highest BCUT2D eigenvalue weighted by molar-refractivity contribution is 7.89. The van der Waals surface area contributed by atoms with E-state index in [-0.39, 0.29) is 28.6 Å². The van der Waals surface area contributed by atoms with Gasteiger partial charge in [-0.05, 0) is 55.7 Å². The molecule has 2 aromatic rings. The highest BCUT2D eigenvalue weighted by Gasteiger charge is 2.29. The standard InChI is InChI=1S/C22H25ClFN3O4S/c23-19-14-16(4-6-20(19)24)25-22(28)18-15-17(32(29,30)27-10-12-31-13-11-27)5-7-21(18)26-8-2-1-3-9-26/h4-7,14-15H,1-3,8-13H2,(H,25,28). The predicted molar refractivity (Wildman–Crippen MR) is 121 cm³/mol. The smallest absolute Gasteiger partial charge is 0.257 e. The number of sulfonamides is 1. The van der Waals surface area contributed by atoms with Crippen LogP contribution in [-0.2, 0) is 14.8 Å². The summed E-state index contributed by atoms with van der Waals surface area (Å²) in [6.07, 6.45) is 3.13. The summed E-state index contributed by atoms with van der Waals surface area (Å²) >= 11 is 5.84. The summed E-state index contributed by atoms with van der Waals surface area (Å²) in [5, 5.41) is 2.61. The molecular formula is C22H25ClFN3O4S. The molecule has 0 unspecified atom stereocenters. The van der Waals surface area contributed by atoms with Crippen LogP contribution in [0.3, 0.4) is 0 Å². The number of nitrogens with one attached hydrogen (secondary N) is 1. The van der Waals surface area contributed by atoms with Crippen LogP contribution in [0.15, 0.2) is 41.3 Å². The van der Waals surface area contributed by atoms with Crippen molar-refractivity contribution in [3.8, 4) is 0 Å². The first-order chi connectivity index (χ1) is 15.4. The Morgan fingerprint density at radius 2 is 1.72 bits per heavy atom. The molecule has 0 aliphatic carbocycles. The van der Waals surface area contributed by atoms with E-state index in [9.17, 15) is 17.6 Å². The van der Waals surface area contributed by atoms with Gasteiger partial charge < -0.3 is 15.0 Å². The summed E-state index contributed by atoms with van der Waals surface area (Å²) in [7, 11) is -3.77. The SMILES string of the molecule is O=C(Nc1ccc(F)c(Cl)c1)c1cc(S(=O)(=O)N2CCOCC2)ccc1N1CCCCC1. The predicted octanol–water partition coefficient (Wildman–Crippen LogP) is 3.74. The summed E-state index contributed by atoms with van der Waals surface area (Å²) in [4.78, 5) is 15.4. The van der Waals surface area contributed by atoms with E-state index in [4.69, 9.17) is 16.3 Å². The highest BCUT2D eigenvalue weighted by atomic mass is 35.5. The Bertz CT molecular complexity index is 1100. The van der Waals surface area contributed by atoms with Gasteiger partial charge in [0.1, 0.15) is 5.82 Å². The fourth-order valence-corrected chi connectivity index (χ4v) is 5.59. The van der Waals surface area contributed by atoms with Gasteiger partial charge in [-0.25, -0.2) is 12.8 Å². The molecule has 2 aliphatic heterocycles. The van der Waals surface area contributed by atoms with Crippen molar-refractivity contribution >= 4 is 38.9 Å². The largest absolute Gasteiger partial charge is 0.379 e. The quantitative estimate of drug-likeness (QED) is 0.703. The van der Waals surface area contributed by atoms with Crippen molar-refractivity contribution in [2.24, 2.45) is 0 Å². The highest BCUT2D eigenvalue weighted by Crippen LogP contribution is 2.30. The van der Waals surface area contributed by atoms with Crippen LogP contribution < -0.4 is 10.2 Å². The fraction of sp³-hybridized carbons (Fsp3) is 0.409. The molecule has 32 heavy (non-hydrogen) atoms. The van der Waals surface area contributed by atoms with Crippen molar-refractivity contribution in [2.45, 2.75) is 24.2 Å². The summed E-state index contributed by atoms with van der Waals surface area (Å²) in [6.45, 7) is 2.79. The molecule has 0 atom stereocenters. The van der Waals surface area contributed by atoms with Gasteiger partial charge in [-0.2, -0.15) is 4.31 Å². The molecule has 0 bridgehead atoms. The molecule has 0 saturated carbocycles. The Kier molecular flexibility index (Phi) is 6.99. The Morgan fingerprint density at radius 1 is 1.00 bits per heavy atom. The molecule has 2 saturated heterocycles. The number of hydrogen-bond donors (Lipinski definition) is 1. The van der Waals surface area contributed by atoms with Crippen LogP contribution in [0.1, 0.15) is 29.6 Å². The summed E-state index contributed by atoms with van der Waals surface area (Å²) < 4.78 is 46.4. The molecule has 0 spiro atoms. The van der Waals surface area contributed by atoms with Crippen LogP contribution >= 0.6 is 11.6 Å². The first-order valence-corrected chi connectivity index (χ1v) is 12.4. The number of benzene rings is 2. The van der Waals surface area contributed by atoms with Crippen molar-refractivity contribution in [3.05, 3.63) is 52.8 Å². The van der Waals surface area contributed by atoms with Crippen LogP contribution in [0.25, 0.3) is 0 Å². The molecule has 172 valence electrons. The first kappa shape index (κ1) is 23.0. The minimum Gasteiger partial charge on any atom is -0.379 e. The van der Waals surface area contributed by atoms with E-state index in [1.807, 2.05) is 0 Å². The van der Waals surface area contributed by atoms with E-state index in [1.54, 1.807) is 12.1 Å². The third kappa shape index (κ3) is 4.91. The number of ether oxygens (including phenoxy) is 1. The van der Waals surface area contributed by atoms with Gasteiger partial charge in [-0.15, -0.1) is 0 Å². The maximum absolute atomic E-state index is 13.5. The number of carbonyl (C=O) groups excluding carboxylic acids is 1. The fourth-order valence-electron chi connectivity index (χ4n) is 3.98. The molecule has 4 rings (SSSR count). The number of rotatable bonds is 5. The zero-order chi connectivity index (χ0) is 22.7. The van der Waals surface area contributed by atoms with Gasteiger partial charge >= 0.3 is 0 Å². The number of morpholine rings is 1. The first-order valence-electron chi connectivity index (χ1n) is 10.6. The third-order valence-corrected chi connectivity index (χ3v) is 7.88. The Balaban J connectivity index is 1.70. The number of halogens is 2. The lowest BCUT2D eigenvalue weighted by atomic mass is 10.1. The molecule has 2 aromatic carbocycles. The van der Waals surface area contributed by atoms with Gasteiger partial charge in [0.2, 0.25) is 10.0 Å². The van der Waals surface area contributed by atoms with E-state index in [0.29, 0.717) is 24.6 Å². The van der Waals surface area contributed by atoms with Crippen molar-refractivity contribution in [3.63, 3.8) is 0 Å². The van der Waals surface area contributed by atoms with E-state index in [1.165, 1.54) is 28.6 Å². The van der Waals surface area contributed by atoms with Gasteiger partial charge in [0.05, 0.1) is 28.7 Å². The maximum atomic E-state index is 13.5. The summed E-state index contributed by atoms with van der Waals surface area (Å²) in [5.41, 5.74) is 1.26. The van der Waals surface area contributed by atoms with Gasteiger partial charge in [-0.3, -0.25) is 4.79 Å². The number of piperidine rings is 1. The molecule has 0 radical (unpaired) electrons. The number of hydrogen-bond acceptors (Lipinski definition) is 5. The molecule has 2 aliphatic rings. The van der Waals surface area contributed by atoms with Gasteiger partial charge in [0, 0.05) is 37.6 Å². The van der Waals surface area contributed by atoms with Crippen LogP contribution in [0, 0.1) is 5.82 Å². The second-order valence-electron chi connectivity index (χ2n) is 7.83. The Morgan fingerprint density at radius 3 is 2.41 bits per heavy atom. The van der Waals surface area contributed by atoms with Crippen molar-refractivity contribution in [1.82, 2.24) is 4.31 Å². The number of amides is 1. The van der Waals surface area contributed by atoms with E-state index in [0.717, 1.165) is 32.4 Å². The minimum absolute atomic E-state index is 0.0578. The summed E-state index contributed by atoms with van der Waals surface area (Å²) in [5.74, 6) is -1.07. The molecule has 1 amide bonds. The van der Waals surface area contributed by atoms with Crippen molar-refractivity contribution in [1.29, 1.82) is 0 Å². The zero-order valence-electron chi connectivity index (χ0n) is 17.5. The van der Waals surface area contributed by atoms with Crippen molar-refractivity contribution < 1.29 is 22.3 Å². The lowest BCUT2D eigenvalue weighted by molar-refractivity contribution is 0.0730. The molecule has 2 heterocycles. The third-order valence-electron chi connectivity index (χ3n) is 5.69. The van der Waals surface area contributed by atoms with Crippen molar-refractivity contribution in [2.75, 3.05) is 49.6 Å². The lowest BCUT2D eigenvalue weighted by Crippen LogP contribution is -2.40. The second-order valence-corrected chi connectivity index (χ2v) is 10.2. The molecule has 10 heteroatoms. The van der Waals surface area contributed by atoms with E-state index in [2.05, 4.69) is 10.2 Å². The van der Waals surface area contributed by atoms with Gasteiger partial charge in [0.15, 0.2) is 0 Å². The zero-order valence-corrected chi connectivity index (χ0v) is 19.1. The number of nitrogens with zero attached hydrogens (tertiary/aromatic N) is 2. The van der Waals surface area contributed by atoms with Gasteiger partial charge in [-0.1, -0.05) is 11.6 Å². The minimum atomic E-state index is -3.77. The van der Waals surface area contributed by atoms with E-state index >= 15 is 0 Å². The normalized spacial score (nSPS) is 17.9. The molecule has 7 nitrogen and oxygen atoms in total. The Hall–Kier alpha value is -2.20. The number of anilines is 2. The maximum Gasteiger partial charge on any atom is 0.257 e. The monoisotopic (exact) mass is 481 g/mol. The van der Waals surface area contributed by atoms with Crippen LogP contribution in [0.5, 0.6) is 0 Å². The topological polar surface area (TPSA) is 79.0 Å². The Labute approximate surface area is 192 Å². The molecule has 1 N–H and O–H groups in total. The van der Waals surface area contributed by atoms with Crippen LogP contribution in [0.4, 0.5) is 15.8 Å². The second kappa shape index (κ2) is 9.74. The van der Waals surface area contributed by atoms with Crippen LogP contribution in [0.2, 0.25) is 5.02 Å². The van der Waals surface area contributed by atoms with Crippen LogP contribution in [-0.4, -0.2) is 58.0 Å². The molecular weight excluding hydrogens is 457 g/mol. The average molecular weight is 482 g/mol.